The summed E-state index contributed by atoms with van der Waals surface area (Å²) in [5.41, 5.74) is 1.63. The number of aryl methyl sites for hydroxylation is 1. The van der Waals surface area contributed by atoms with Gasteiger partial charge in [-0.2, -0.15) is 0 Å². The van der Waals surface area contributed by atoms with Crippen LogP contribution in [0.4, 0.5) is 0 Å². The van der Waals surface area contributed by atoms with Gasteiger partial charge in [0.2, 0.25) is 0 Å². The molecular weight excluding hydrogens is 178 g/mol. The summed E-state index contributed by atoms with van der Waals surface area (Å²) in [4.78, 5) is 4.46. The van der Waals surface area contributed by atoms with Crippen LogP contribution in [-0.2, 0) is 0 Å². The van der Waals surface area contributed by atoms with Crippen LogP contribution in [0.5, 0.6) is 0 Å². The van der Waals surface area contributed by atoms with Crippen molar-refractivity contribution in [3.05, 3.63) is 11.5 Å². The fraction of sp³-hybridized carbons (Fsp3) is 0.700. The first-order valence-electron chi connectivity index (χ1n) is 5.11. The van der Waals surface area contributed by atoms with Crippen LogP contribution in [0.15, 0.2) is 4.42 Å². The Balaban J connectivity index is 3.19. The SMILES string of the molecule is [2H]C(C)(C)c1nc([Si](C)(C)C)oc1C. The number of hydrogen-bond acceptors (Lipinski definition) is 2. The van der Waals surface area contributed by atoms with Gasteiger partial charge in [-0.25, -0.2) is 4.98 Å². The number of nitrogens with zero attached hydrogens (tertiary/aromatic N) is 1. The van der Waals surface area contributed by atoms with Gasteiger partial charge in [-0.05, 0) is 12.8 Å². The maximum absolute atomic E-state index is 7.92. The monoisotopic (exact) mass is 198 g/mol. The second kappa shape index (κ2) is 3.29. The summed E-state index contributed by atoms with van der Waals surface area (Å²) >= 11 is 0. The Hall–Kier alpha value is -0.573. The van der Waals surface area contributed by atoms with E-state index in [0.717, 1.165) is 17.0 Å². The van der Waals surface area contributed by atoms with Gasteiger partial charge in [0.1, 0.15) is 13.8 Å². The van der Waals surface area contributed by atoms with Crippen molar-refractivity contribution in [1.82, 2.24) is 4.98 Å². The van der Waals surface area contributed by atoms with E-state index in [0.29, 0.717) is 0 Å². The number of oxazole rings is 1. The molecule has 0 unspecified atom stereocenters. The van der Waals surface area contributed by atoms with E-state index in [1.54, 1.807) is 0 Å². The first-order chi connectivity index (χ1) is 6.12. The van der Waals surface area contributed by atoms with Crippen molar-refractivity contribution in [3.63, 3.8) is 0 Å². The number of aromatic nitrogens is 1. The average molecular weight is 198 g/mol. The second-order valence-corrected chi connectivity index (χ2v) is 9.60. The zero-order valence-corrected chi connectivity index (χ0v) is 10.4. The lowest BCUT2D eigenvalue weighted by Crippen LogP contribution is -2.38. The Morgan fingerprint density at radius 2 is 1.92 bits per heavy atom. The van der Waals surface area contributed by atoms with Crippen LogP contribution in [-0.4, -0.2) is 13.1 Å². The van der Waals surface area contributed by atoms with Crippen LogP contribution in [0.1, 0.15) is 32.6 Å². The maximum atomic E-state index is 7.92. The van der Waals surface area contributed by atoms with E-state index in [4.69, 9.17) is 5.79 Å². The standard InChI is InChI=1S/C10H19NOSi/c1-7(2)9-8(3)12-10(11-9)13(4,5)6/h7H,1-6H3/i7D. The molecule has 1 rings (SSSR count). The van der Waals surface area contributed by atoms with Crippen LogP contribution >= 0.6 is 0 Å². The molecular formula is C10H19NOSi. The smallest absolute Gasteiger partial charge is 0.166 e. The Morgan fingerprint density at radius 1 is 1.38 bits per heavy atom. The maximum Gasteiger partial charge on any atom is 0.166 e. The van der Waals surface area contributed by atoms with E-state index in [1.807, 2.05) is 20.8 Å². The normalized spacial score (nSPS) is 14.5. The van der Waals surface area contributed by atoms with Gasteiger partial charge in [0.05, 0.1) is 5.69 Å². The molecule has 0 radical (unpaired) electrons. The van der Waals surface area contributed by atoms with Crippen molar-refractivity contribution in [2.45, 2.75) is 46.3 Å². The van der Waals surface area contributed by atoms with Gasteiger partial charge in [-0.3, -0.25) is 0 Å². The molecule has 0 aromatic carbocycles. The van der Waals surface area contributed by atoms with Crippen molar-refractivity contribution >= 4 is 13.6 Å². The Labute approximate surface area is 82.8 Å². The number of rotatable bonds is 2. The molecule has 0 spiro atoms. The highest BCUT2D eigenvalue weighted by molar-refractivity contribution is 6.87. The van der Waals surface area contributed by atoms with E-state index >= 15 is 0 Å². The largest absolute Gasteiger partial charge is 0.451 e. The zero-order chi connectivity index (χ0) is 11.1. The summed E-state index contributed by atoms with van der Waals surface area (Å²) in [5, 5.41) is 0. The molecule has 13 heavy (non-hydrogen) atoms. The lowest BCUT2D eigenvalue weighted by Gasteiger charge is -2.08. The van der Waals surface area contributed by atoms with E-state index in [2.05, 4.69) is 24.6 Å². The molecule has 0 aliphatic rings. The summed E-state index contributed by atoms with van der Waals surface area (Å²) in [6.45, 7) is 12.1. The third-order valence-corrected chi connectivity index (χ3v) is 3.41. The molecule has 2 nitrogen and oxygen atoms in total. The molecule has 3 heteroatoms. The topological polar surface area (TPSA) is 26.0 Å². The van der Waals surface area contributed by atoms with Gasteiger partial charge in [0.15, 0.2) is 5.51 Å². The predicted octanol–water partition coefficient (Wildman–Crippen LogP) is 2.65. The summed E-state index contributed by atoms with van der Waals surface area (Å²) in [6.07, 6.45) is 0. The second-order valence-electron chi connectivity index (χ2n) is 4.67. The van der Waals surface area contributed by atoms with Crippen LogP contribution in [0.2, 0.25) is 19.6 Å². The summed E-state index contributed by atoms with van der Waals surface area (Å²) in [7, 11) is -1.48. The third-order valence-electron chi connectivity index (χ3n) is 1.91. The molecule has 0 aliphatic carbocycles. The third kappa shape index (κ3) is 2.21. The van der Waals surface area contributed by atoms with Crippen molar-refractivity contribution in [2.75, 3.05) is 0 Å². The molecule has 1 heterocycles. The summed E-state index contributed by atoms with van der Waals surface area (Å²) < 4.78 is 13.6. The van der Waals surface area contributed by atoms with Crippen molar-refractivity contribution < 1.29 is 5.79 Å². The van der Waals surface area contributed by atoms with Gasteiger partial charge in [-0.1, -0.05) is 33.5 Å². The van der Waals surface area contributed by atoms with Gasteiger partial charge >= 0.3 is 0 Å². The molecule has 74 valence electrons. The fourth-order valence-electron chi connectivity index (χ4n) is 1.18. The first-order valence-corrected chi connectivity index (χ1v) is 8.11. The zero-order valence-electron chi connectivity index (χ0n) is 10.4. The highest BCUT2D eigenvalue weighted by Gasteiger charge is 2.25. The van der Waals surface area contributed by atoms with E-state index in [9.17, 15) is 0 Å². The lowest BCUT2D eigenvalue weighted by atomic mass is 10.1. The van der Waals surface area contributed by atoms with Gasteiger partial charge < -0.3 is 4.42 Å². The van der Waals surface area contributed by atoms with Crippen LogP contribution in [0.25, 0.3) is 0 Å². The van der Waals surface area contributed by atoms with Gasteiger partial charge in [0.25, 0.3) is 0 Å². The average Bonchev–Trinajstić information content (AvgIpc) is 2.27. The summed E-state index contributed by atoms with van der Waals surface area (Å²) in [5.74, 6) is 0.133. The highest BCUT2D eigenvalue weighted by Crippen LogP contribution is 2.17. The van der Waals surface area contributed by atoms with Crippen molar-refractivity contribution in [3.8, 4) is 0 Å². The van der Waals surface area contributed by atoms with E-state index in [1.165, 1.54) is 0 Å². The van der Waals surface area contributed by atoms with E-state index in [-0.39, 0.29) is 0 Å². The lowest BCUT2D eigenvalue weighted by molar-refractivity contribution is 0.551. The van der Waals surface area contributed by atoms with Gasteiger partial charge in [0, 0.05) is 1.37 Å². The molecule has 1 aromatic rings. The number of hydrogen-bond donors (Lipinski definition) is 0. The summed E-state index contributed by atoms with van der Waals surface area (Å²) in [6, 6.07) is 0. The molecule has 0 N–H and O–H groups in total. The molecule has 0 amide bonds. The Morgan fingerprint density at radius 3 is 2.15 bits per heavy atom. The van der Waals surface area contributed by atoms with Crippen molar-refractivity contribution in [1.29, 1.82) is 0 Å². The van der Waals surface area contributed by atoms with Crippen LogP contribution < -0.4 is 5.51 Å². The van der Waals surface area contributed by atoms with Crippen molar-refractivity contribution in [2.24, 2.45) is 0 Å². The van der Waals surface area contributed by atoms with Crippen LogP contribution in [0, 0.1) is 6.92 Å². The predicted molar refractivity (Wildman–Crippen MR) is 58.3 cm³/mol. The van der Waals surface area contributed by atoms with E-state index < -0.39 is 14.0 Å². The minimum Gasteiger partial charge on any atom is -0.451 e. The Kier molecular flexibility index (Phi) is 2.28. The molecule has 1 aromatic heterocycles. The first kappa shape index (κ1) is 9.00. The fourth-order valence-corrected chi connectivity index (χ4v) is 2.09. The quantitative estimate of drug-likeness (QED) is 0.683. The minimum atomic E-state index is -1.48. The Bertz CT molecular complexity index is 333. The molecule has 0 aliphatic heterocycles. The molecule has 0 saturated carbocycles. The highest BCUT2D eigenvalue weighted by atomic mass is 28.3. The molecule has 0 bridgehead atoms. The molecule has 0 atom stereocenters. The molecule has 0 saturated heterocycles. The van der Waals surface area contributed by atoms with Gasteiger partial charge in [-0.15, -0.1) is 0 Å². The molecule has 0 fully saturated rings. The van der Waals surface area contributed by atoms with Crippen LogP contribution in [0.3, 0.4) is 0 Å². The minimum absolute atomic E-state index is 0.661.